The number of hydrogen-bond acceptors (Lipinski definition) is 9. The maximum Gasteiger partial charge on any atom is 0.313 e. The highest BCUT2D eigenvalue weighted by Gasteiger charge is 2.17. The number of aromatic nitrogens is 1. The molecule has 0 bridgehead atoms. The first kappa shape index (κ1) is 19.0. The van der Waals surface area contributed by atoms with Crippen molar-refractivity contribution in [2.75, 3.05) is 18.6 Å². The van der Waals surface area contributed by atoms with E-state index in [1.807, 2.05) is 0 Å². The van der Waals surface area contributed by atoms with Gasteiger partial charge in [-0.2, -0.15) is 5.10 Å². The summed E-state index contributed by atoms with van der Waals surface area (Å²) in [6.07, 6.45) is 0.849. The van der Waals surface area contributed by atoms with Crippen LogP contribution in [0.5, 0.6) is 0 Å². The number of carbonyl (C=O) groups is 2. The Balaban J connectivity index is 2.92. The van der Waals surface area contributed by atoms with Crippen LogP contribution in [0.15, 0.2) is 23.4 Å². The molecule has 0 saturated carbocycles. The molecule has 0 aliphatic carbocycles. The Kier molecular flexibility index (Phi) is 7.82. The second kappa shape index (κ2) is 9.87. The van der Waals surface area contributed by atoms with Gasteiger partial charge in [-0.05, 0) is 19.9 Å². The molecule has 1 heterocycles. The van der Waals surface area contributed by atoms with Crippen molar-refractivity contribution in [2.24, 2.45) is 5.10 Å². The van der Waals surface area contributed by atoms with Gasteiger partial charge in [0.2, 0.25) is 5.82 Å². The van der Waals surface area contributed by atoms with Crippen molar-refractivity contribution in [2.45, 2.75) is 26.7 Å². The number of nitrogens with one attached hydrogen (secondary N) is 1. The van der Waals surface area contributed by atoms with Crippen LogP contribution in [0.1, 0.15) is 26.7 Å². The average Bonchev–Trinajstić information content (AvgIpc) is 2.53. The lowest BCUT2D eigenvalue weighted by Crippen LogP contribution is -2.18. The number of hydrogen-bond donors (Lipinski definition) is 1. The molecule has 0 amide bonds. The molecule has 1 aromatic rings. The number of rotatable bonds is 9. The zero-order chi connectivity index (χ0) is 17.9. The zero-order valence-electron chi connectivity index (χ0n) is 13.4. The lowest BCUT2D eigenvalue weighted by Gasteiger charge is -2.07. The summed E-state index contributed by atoms with van der Waals surface area (Å²) in [6.45, 7) is 3.67. The minimum atomic E-state index is -0.624. The Labute approximate surface area is 138 Å². The Morgan fingerprint density at radius 1 is 1.25 bits per heavy atom. The van der Waals surface area contributed by atoms with E-state index in [1.54, 1.807) is 13.8 Å². The molecule has 0 unspecified atom stereocenters. The molecule has 0 atom stereocenters. The number of nitrogens with zero attached hydrogens (tertiary/aromatic N) is 3. The Hall–Kier alpha value is -3.04. The van der Waals surface area contributed by atoms with E-state index in [-0.39, 0.29) is 43.3 Å². The molecular weight excluding hydrogens is 320 g/mol. The van der Waals surface area contributed by atoms with Crippen molar-refractivity contribution >= 4 is 29.2 Å². The minimum absolute atomic E-state index is 0.104. The maximum atomic E-state index is 11.6. The standard InChI is InChI=1S/C14H18N4O6/c1-3-23-12(19)8-10(9-13(20)24-4-2)16-17-14-11(18(21)22)6-5-7-15-14/h5-7H,3-4,8-9H2,1-2H3,(H,15,17). The van der Waals surface area contributed by atoms with Gasteiger partial charge in [0.25, 0.3) is 0 Å². The lowest BCUT2D eigenvalue weighted by molar-refractivity contribution is -0.384. The van der Waals surface area contributed by atoms with E-state index < -0.39 is 16.9 Å². The fourth-order valence-corrected chi connectivity index (χ4v) is 1.66. The van der Waals surface area contributed by atoms with Crippen molar-refractivity contribution < 1.29 is 24.0 Å². The minimum Gasteiger partial charge on any atom is -0.466 e. The first-order valence-electron chi connectivity index (χ1n) is 7.20. The van der Waals surface area contributed by atoms with Crippen LogP contribution < -0.4 is 5.43 Å². The van der Waals surface area contributed by atoms with Crippen LogP contribution in [0.2, 0.25) is 0 Å². The van der Waals surface area contributed by atoms with E-state index in [2.05, 4.69) is 15.5 Å². The number of ether oxygens (including phenoxy) is 2. The third-order valence-corrected chi connectivity index (χ3v) is 2.61. The van der Waals surface area contributed by atoms with Crippen LogP contribution in [0.4, 0.5) is 11.5 Å². The van der Waals surface area contributed by atoms with E-state index in [0.717, 1.165) is 0 Å². The smallest absolute Gasteiger partial charge is 0.313 e. The van der Waals surface area contributed by atoms with Crippen molar-refractivity contribution in [3.63, 3.8) is 0 Å². The van der Waals surface area contributed by atoms with E-state index in [0.29, 0.717) is 0 Å². The van der Waals surface area contributed by atoms with Crippen molar-refractivity contribution in [3.8, 4) is 0 Å². The predicted octanol–water partition coefficient (Wildman–Crippen LogP) is 1.66. The molecule has 0 fully saturated rings. The molecule has 0 radical (unpaired) electrons. The number of pyridine rings is 1. The molecular formula is C14H18N4O6. The third-order valence-electron chi connectivity index (χ3n) is 2.61. The van der Waals surface area contributed by atoms with Gasteiger partial charge < -0.3 is 9.47 Å². The monoisotopic (exact) mass is 338 g/mol. The fourth-order valence-electron chi connectivity index (χ4n) is 1.66. The van der Waals surface area contributed by atoms with E-state index in [9.17, 15) is 19.7 Å². The summed E-state index contributed by atoms with van der Waals surface area (Å²) in [4.78, 5) is 37.3. The molecule has 1 aromatic heterocycles. The second-order valence-corrected chi connectivity index (χ2v) is 4.38. The fraction of sp³-hybridized carbons (Fsp3) is 0.429. The van der Waals surface area contributed by atoms with Crippen LogP contribution in [0.3, 0.4) is 0 Å². The highest BCUT2D eigenvalue weighted by molar-refractivity contribution is 6.06. The van der Waals surface area contributed by atoms with Crippen molar-refractivity contribution in [1.29, 1.82) is 0 Å². The molecule has 0 aliphatic heterocycles. The summed E-state index contributed by atoms with van der Waals surface area (Å²) in [5, 5.41) is 14.8. The van der Waals surface area contributed by atoms with E-state index in [1.165, 1.54) is 18.3 Å². The van der Waals surface area contributed by atoms with Gasteiger partial charge in [-0.15, -0.1) is 0 Å². The van der Waals surface area contributed by atoms with E-state index in [4.69, 9.17) is 9.47 Å². The Bertz CT molecular complexity index is 609. The summed E-state index contributed by atoms with van der Waals surface area (Å²) in [7, 11) is 0. The van der Waals surface area contributed by atoms with Crippen LogP contribution in [0, 0.1) is 10.1 Å². The molecule has 0 spiro atoms. The molecule has 0 aromatic carbocycles. The first-order chi connectivity index (χ1) is 11.5. The highest BCUT2D eigenvalue weighted by Crippen LogP contribution is 2.20. The lowest BCUT2D eigenvalue weighted by atomic mass is 10.2. The van der Waals surface area contributed by atoms with Gasteiger partial charge >= 0.3 is 17.6 Å². The van der Waals surface area contributed by atoms with Crippen LogP contribution in [0.25, 0.3) is 0 Å². The number of hydrazone groups is 1. The molecule has 0 saturated heterocycles. The summed E-state index contributed by atoms with van der Waals surface area (Å²) in [6, 6.07) is 2.66. The van der Waals surface area contributed by atoms with Crippen LogP contribution >= 0.6 is 0 Å². The zero-order valence-corrected chi connectivity index (χ0v) is 13.4. The summed E-state index contributed by atoms with van der Waals surface area (Å²) in [5.41, 5.74) is 2.24. The van der Waals surface area contributed by atoms with Gasteiger partial charge in [-0.1, -0.05) is 0 Å². The number of anilines is 1. The largest absolute Gasteiger partial charge is 0.466 e. The van der Waals surface area contributed by atoms with Gasteiger partial charge in [-0.25, -0.2) is 4.98 Å². The molecule has 1 N–H and O–H groups in total. The van der Waals surface area contributed by atoms with Crippen molar-refractivity contribution in [3.05, 3.63) is 28.4 Å². The van der Waals surface area contributed by atoms with Gasteiger partial charge in [0.05, 0.1) is 36.7 Å². The molecule has 0 aliphatic rings. The second-order valence-electron chi connectivity index (χ2n) is 4.38. The van der Waals surface area contributed by atoms with Crippen LogP contribution in [-0.2, 0) is 19.1 Å². The molecule has 10 nitrogen and oxygen atoms in total. The molecule has 10 heteroatoms. The predicted molar refractivity (Wildman–Crippen MR) is 84.4 cm³/mol. The van der Waals surface area contributed by atoms with Gasteiger partial charge in [0, 0.05) is 12.3 Å². The Morgan fingerprint density at radius 2 is 1.83 bits per heavy atom. The summed E-state index contributed by atoms with van der Waals surface area (Å²) < 4.78 is 9.61. The molecule has 1 rings (SSSR count). The van der Waals surface area contributed by atoms with E-state index >= 15 is 0 Å². The SMILES string of the molecule is CCOC(=O)CC(CC(=O)OCC)=NNc1ncccc1[N+](=O)[O-]. The normalized spacial score (nSPS) is 9.75. The maximum absolute atomic E-state index is 11.6. The number of esters is 2. The number of carbonyl (C=O) groups excluding carboxylic acids is 2. The summed E-state index contributed by atoms with van der Waals surface area (Å²) >= 11 is 0. The molecule has 130 valence electrons. The summed E-state index contributed by atoms with van der Waals surface area (Å²) in [5.74, 6) is -1.25. The first-order valence-corrected chi connectivity index (χ1v) is 7.20. The van der Waals surface area contributed by atoms with Crippen molar-refractivity contribution in [1.82, 2.24) is 4.98 Å². The molecule has 24 heavy (non-hydrogen) atoms. The average molecular weight is 338 g/mol. The van der Waals surface area contributed by atoms with Gasteiger partial charge in [0.1, 0.15) is 0 Å². The Morgan fingerprint density at radius 3 is 2.33 bits per heavy atom. The van der Waals surface area contributed by atoms with Gasteiger partial charge in [-0.3, -0.25) is 25.1 Å². The highest BCUT2D eigenvalue weighted by atomic mass is 16.6. The topological polar surface area (TPSA) is 133 Å². The van der Waals surface area contributed by atoms with Gasteiger partial charge in [0.15, 0.2) is 0 Å². The van der Waals surface area contributed by atoms with Crippen LogP contribution in [-0.4, -0.2) is 40.8 Å². The third kappa shape index (κ3) is 6.38. The number of nitro groups is 1. The quantitative estimate of drug-likeness (QED) is 0.311.